The summed E-state index contributed by atoms with van der Waals surface area (Å²) in [7, 11) is 0. The second-order valence-electron chi connectivity index (χ2n) is 1.96. The lowest BCUT2D eigenvalue weighted by atomic mass is 10.3. The van der Waals surface area contributed by atoms with Crippen molar-refractivity contribution in [3.05, 3.63) is 16.1 Å². The maximum absolute atomic E-state index is 8.49. The molecule has 1 N–H and O–H groups in total. The van der Waals surface area contributed by atoms with Crippen LogP contribution in [0.4, 0.5) is 0 Å². The van der Waals surface area contributed by atoms with Crippen LogP contribution in [-0.4, -0.2) is 21.7 Å². The van der Waals surface area contributed by atoms with E-state index in [0.29, 0.717) is 17.2 Å². The summed E-state index contributed by atoms with van der Waals surface area (Å²) in [5.41, 5.74) is 1.22. The van der Waals surface area contributed by atoms with Gasteiger partial charge in [0.15, 0.2) is 0 Å². The number of thiazole rings is 1. The zero-order valence-corrected chi connectivity index (χ0v) is 7.69. The monoisotopic (exact) mass is 188 g/mol. The van der Waals surface area contributed by atoms with Crippen LogP contribution in [0.5, 0.6) is 0 Å². The summed E-state index contributed by atoms with van der Waals surface area (Å²) < 4.78 is 0. The van der Waals surface area contributed by atoms with Gasteiger partial charge in [0.05, 0.1) is 10.7 Å². The zero-order chi connectivity index (χ0) is 8.27. The number of hydrogen-bond acceptors (Lipinski definition) is 5. The van der Waals surface area contributed by atoms with E-state index in [9.17, 15) is 0 Å². The molecule has 1 aromatic heterocycles. The Kier molecular flexibility index (Phi) is 2.90. The van der Waals surface area contributed by atoms with E-state index in [1.807, 2.05) is 12.3 Å². The first-order chi connectivity index (χ1) is 5.27. The van der Waals surface area contributed by atoms with Gasteiger partial charge in [-0.15, -0.1) is 11.3 Å². The Morgan fingerprint density at radius 3 is 3.00 bits per heavy atom. The van der Waals surface area contributed by atoms with E-state index >= 15 is 0 Å². The van der Waals surface area contributed by atoms with Crippen LogP contribution >= 0.6 is 24.0 Å². The summed E-state index contributed by atoms with van der Waals surface area (Å²) in [6.45, 7) is 1.90. The molecule has 0 spiro atoms. The first-order valence-corrected chi connectivity index (χ1v) is 4.53. The summed E-state index contributed by atoms with van der Waals surface area (Å²) in [5.74, 6) is 0.402. The molecule has 1 aromatic rings. The van der Waals surface area contributed by atoms with E-state index in [1.54, 1.807) is 0 Å². The number of rotatable bonds is 2. The lowest BCUT2D eigenvalue weighted by Crippen LogP contribution is -2.02. The molecule has 0 bridgehead atoms. The number of thiol groups is 1. The third-order valence-electron chi connectivity index (χ3n) is 1.19. The van der Waals surface area contributed by atoms with Crippen molar-refractivity contribution in [2.24, 2.45) is 5.16 Å². The first-order valence-electron chi connectivity index (χ1n) is 3.02. The van der Waals surface area contributed by atoms with E-state index in [0.717, 1.165) is 5.01 Å². The highest BCUT2D eigenvalue weighted by molar-refractivity contribution is 7.81. The van der Waals surface area contributed by atoms with Crippen molar-refractivity contribution >= 4 is 29.7 Å². The Balaban J connectivity index is 2.91. The van der Waals surface area contributed by atoms with Crippen molar-refractivity contribution in [3.63, 3.8) is 0 Å². The molecule has 0 aliphatic rings. The molecule has 0 amide bonds. The molecule has 0 saturated carbocycles. The van der Waals surface area contributed by atoms with E-state index in [2.05, 4.69) is 22.8 Å². The molecule has 0 saturated heterocycles. The van der Waals surface area contributed by atoms with Gasteiger partial charge < -0.3 is 5.21 Å². The van der Waals surface area contributed by atoms with Gasteiger partial charge in [-0.2, -0.15) is 12.6 Å². The van der Waals surface area contributed by atoms with Crippen LogP contribution in [0, 0.1) is 6.92 Å². The normalized spacial score (nSPS) is 12.0. The fraction of sp³-hybridized carbons (Fsp3) is 0.333. The van der Waals surface area contributed by atoms with E-state index < -0.39 is 0 Å². The Morgan fingerprint density at radius 2 is 2.64 bits per heavy atom. The Bertz CT molecular complexity index is 269. The van der Waals surface area contributed by atoms with Crippen molar-refractivity contribution in [2.75, 3.05) is 5.75 Å². The molecule has 0 atom stereocenters. The van der Waals surface area contributed by atoms with Crippen LogP contribution in [0.2, 0.25) is 0 Å². The molecular weight excluding hydrogens is 180 g/mol. The lowest BCUT2D eigenvalue weighted by Gasteiger charge is -1.92. The number of nitrogens with zero attached hydrogens (tertiary/aromatic N) is 2. The summed E-state index contributed by atoms with van der Waals surface area (Å²) in [4.78, 5) is 4.13. The topological polar surface area (TPSA) is 45.5 Å². The molecule has 5 heteroatoms. The molecule has 0 unspecified atom stereocenters. The summed E-state index contributed by atoms with van der Waals surface area (Å²) in [5, 5.41) is 14.4. The average molecular weight is 188 g/mol. The van der Waals surface area contributed by atoms with Crippen molar-refractivity contribution in [1.29, 1.82) is 0 Å². The predicted molar refractivity (Wildman–Crippen MR) is 49.0 cm³/mol. The Labute approximate surface area is 74.2 Å². The molecule has 0 aliphatic carbocycles. The third-order valence-corrected chi connectivity index (χ3v) is 2.26. The highest BCUT2D eigenvalue weighted by Gasteiger charge is 2.04. The molecule has 11 heavy (non-hydrogen) atoms. The van der Waals surface area contributed by atoms with Gasteiger partial charge in [0, 0.05) is 11.1 Å². The van der Waals surface area contributed by atoms with Crippen molar-refractivity contribution in [1.82, 2.24) is 4.98 Å². The van der Waals surface area contributed by atoms with Gasteiger partial charge in [-0.25, -0.2) is 4.98 Å². The van der Waals surface area contributed by atoms with Crippen LogP contribution in [0.15, 0.2) is 10.5 Å². The van der Waals surface area contributed by atoms with Crippen LogP contribution in [0.3, 0.4) is 0 Å². The van der Waals surface area contributed by atoms with Crippen LogP contribution in [-0.2, 0) is 0 Å². The van der Waals surface area contributed by atoms with Gasteiger partial charge in [-0.3, -0.25) is 0 Å². The van der Waals surface area contributed by atoms with Crippen molar-refractivity contribution in [2.45, 2.75) is 6.92 Å². The number of aryl methyl sites for hydroxylation is 1. The van der Waals surface area contributed by atoms with Crippen LogP contribution in [0.1, 0.15) is 10.7 Å². The minimum absolute atomic E-state index is 0.402. The maximum atomic E-state index is 8.49. The summed E-state index contributed by atoms with van der Waals surface area (Å²) in [6, 6.07) is 0. The standard InChI is InChI=1S/C6H8N2OS2/c1-4-7-6(3-11-4)5(2-10)8-9/h3,9-10H,2H2,1H3/b8-5+. The molecule has 0 aliphatic heterocycles. The second-order valence-corrected chi connectivity index (χ2v) is 3.34. The SMILES string of the molecule is Cc1nc(/C(CS)=N/O)cs1. The Morgan fingerprint density at radius 1 is 1.91 bits per heavy atom. The number of aromatic nitrogens is 1. The fourth-order valence-electron chi connectivity index (χ4n) is 0.660. The van der Waals surface area contributed by atoms with Crippen molar-refractivity contribution < 1.29 is 5.21 Å². The zero-order valence-electron chi connectivity index (χ0n) is 5.98. The highest BCUT2D eigenvalue weighted by Crippen LogP contribution is 2.09. The van der Waals surface area contributed by atoms with E-state index in [-0.39, 0.29) is 0 Å². The quantitative estimate of drug-likeness (QED) is 0.320. The van der Waals surface area contributed by atoms with Crippen LogP contribution < -0.4 is 0 Å². The van der Waals surface area contributed by atoms with Gasteiger partial charge in [-0.05, 0) is 6.92 Å². The van der Waals surface area contributed by atoms with Gasteiger partial charge in [0.2, 0.25) is 0 Å². The average Bonchev–Trinajstić information content (AvgIpc) is 2.39. The summed E-state index contributed by atoms with van der Waals surface area (Å²) in [6.07, 6.45) is 0. The minimum atomic E-state index is 0.402. The molecule has 0 aromatic carbocycles. The third kappa shape index (κ3) is 1.94. The maximum Gasteiger partial charge on any atom is 0.116 e. The molecule has 1 rings (SSSR count). The molecule has 60 valence electrons. The highest BCUT2D eigenvalue weighted by atomic mass is 32.1. The second kappa shape index (κ2) is 3.73. The predicted octanol–water partition coefficient (Wildman–Crippen LogP) is 1.56. The molecule has 1 heterocycles. The number of oxime groups is 1. The Hall–Kier alpha value is -0.550. The largest absolute Gasteiger partial charge is 0.411 e. The van der Waals surface area contributed by atoms with Gasteiger partial charge in [0.1, 0.15) is 5.71 Å². The van der Waals surface area contributed by atoms with Crippen molar-refractivity contribution in [3.8, 4) is 0 Å². The van der Waals surface area contributed by atoms with Crippen LogP contribution in [0.25, 0.3) is 0 Å². The first kappa shape index (κ1) is 8.55. The van der Waals surface area contributed by atoms with Gasteiger partial charge in [-0.1, -0.05) is 5.16 Å². The van der Waals surface area contributed by atoms with Gasteiger partial charge in [0.25, 0.3) is 0 Å². The molecule has 0 radical (unpaired) electrons. The smallest absolute Gasteiger partial charge is 0.116 e. The summed E-state index contributed by atoms with van der Waals surface area (Å²) >= 11 is 5.52. The van der Waals surface area contributed by atoms with Gasteiger partial charge >= 0.3 is 0 Å². The number of hydrogen-bond donors (Lipinski definition) is 2. The molecular formula is C6H8N2OS2. The fourth-order valence-corrected chi connectivity index (χ4v) is 1.51. The minimum Gasteiger partial charge on any atom is -0.411 e. The lowest BCUT2D eigenvalue weighted by molar-refractivity contribution is 0.319. The molecule has 0 fully saturated rings. The molecule has 3 nitrogen and oxygen atoms in total. The van der Waals surface area contributed by atoms with E-state index in [1.165, 1.54) is 11.3 Å². The van der Waals surface area contributed by atoms with E-state index in [4.69, 9.17) is 5.21 Å².